The lowest BCUT2D eigenvalue weighted by Crippen LogP contribution is -2.41. The summed E-state index contributed by atoms with van der Waals surface area (Å²) in [5.74, 6) is 0.534. The number of sulfone groups is 1. The topological polar surface area (TPSA) is 63.4 Å². The highest BCUT2D eigenvalue weighted by Gasteiger charge is 2.21. The molecule has 1 heterocycles. The molecule has 1 aliphatic heterocycles. The summed E-state index contributed by atoms with van der Waals surface area (Å²) in [6, 6.07) is 7.52. The van der Waals surface area contributed by atoms with E-state index in [1.165, 1.54) is 0 Å². The van der Waals surface area contributed by atoms with Crippen molar-refractivity contribution in [3.05, 3.63) is 34.9 Å². The smallest absolute Gasteiger partial charge is 0.152 e. The Morgan fingerprint density at radius 3 is 2.37 bits per heavy atom. The summed E-state index contributed by atoms with van der Waals surface area (Å²) in [5.41, 5.74) is 7.19. The predicted octanol–water partition coefficient (Wildman–Crippen LogP) is 1.46. The molecule has 19 heavy (non-hydrogen) atoms. The van der Waals surface area contributed by atoms with Crippen LogP contribution in [0.3, 0.4) is 0 Å². The molecule has 4 nitrogen and oxygen atoms in total. The predicted molar refractivity (Wildman–Crippen MR) is 78.1 cm³/mol. The van der Waals surface area contributed by atoms with E-state index in [0.717, 1.165) is 18.5 Å². The monoisotopic (exact) mass is 302 g/mol. The molecular weight excluding hydrogens is 284 g/mol. The summed E-state index contributed by atoms with van der Waals surface area (Å²) in [6.45, 7) is 2.07. The van der Waals surface area contributed by atoms with Gasteiger partial charge in [-0.25, -0.2) is 8.42 Å². The zero-order valence-corrected chi connectivity index (χ0v) is 12.3. The summed E-state index contributed by atoms with van der Waals surface area (Å²) in [4.78, 5) is 2.16. The van der Waals surface area contributed by atoms with Gasteiger partial charge in [-0.05, 0) is 24.1 Å². The molecule has 0 aromatic heterocycles. The van der Waals surface area contributed by atoms with Gasteiger partial charge in [0.25, 0.3) is 0 Å². The van der Waals surface area contributed by atoms with Crippen molar-refractivity contribution in [3.63, 3.8) is 0 Å². The van der Waals surface area contributed by atoms with Crippen molar-refractivity contribution >= 4 is 21.4 Å². The Bertz CT molecular complexity index is 502. The molecule has 0 radical (unpaired) electrons. The van der Waals surface area contributed by atoms with Crippen molar-refractivity contribution in [2.24, 2.45) is 5.73 Å². The van der Waals surface area contributed by atoms with Crippen LogP contribution in [0.5, 0.6) is 0 Å². The van der Waals surface area contributed by atoms with E-state index < -0.39 is 9.84 Å². The van der Waals surface area contributed by atoms with Gasteiger partial charge < -0.3 is 10.6 Å². The number of rotatable bonds is 4. The maximum Gasteiger partial charge on any atom is 0.152 e. The molecule has 106 valence electrons. The fraction of sp³-hybridized carbons (Fsp3) is 0.538. The quantitative estimate of drug-likeness (QED) is 0.914. The molecule has 6 heteroatoms. The lowest BCUT2D eigenvalue weighted by molar-refractivity contribution is 0.283. The molecule has 1 aliphatic rings. The second-order valence-electron chi connectivity index (χ2n) is 4.94. The van der Waals surface area contributed by atoms with Crippen molar-refractivity contribution in [2.45, 2.75) is 12.5 Å². The standard InChI is InChI=1S/C13H19ClN2O2S/c14-12-3-1-11(2-4-12)13(15)5-6-16-7-9-19(17,18)10-8-16/h1-4,13H,5-10,15H2. The normalized spacial score (nSPS) is 21.2. The van der Waals surface area contributed by atoms with E-state index in [1.807, 2.05) is 24.3 Å². The first kappa shape index (κ1) is 14.8. The fourth-order valence-corrected chi connectivity index (χ4v) is 3.57. The van der Waals surface area contributed by atoms with Crippen LogP contribution in [-0.2, 0) is 9.84 Å². The van der Waals surface area contributed by atoms with Crippen LogP contribution < -0.4 is 5.73 Å². The first-order valence-electron chi connectivity index (χ1n) is 6.40. The summed E-state index contributed by atoms with van der Waals surface area (Å²) in [7, 11) is -2.80. The molecule has 2 N–H and O–H groups in total. The maximum absolute atomic E-state index is 11.3. The number of nitrogens with zero attached hydrogens (tertiary/aromatic N) is 1. The third kappa shape index (κ3) is 4.45. The van der Waals surface area contributed by atoms with Crippen LogP contribution in [0.1, 0.15) is 18.0 Å². The second-order valence-corrected chi connectivity index (χ2v) is 7.68. The van der Waals surface area contributed by atoms with E-state index in [1.54, 1.807) is 0 Å². The number of hydrogen-bond donors (Lipinski definition) is 1. The van der Waals surface area contributed by atoms with E-state index in [4.69, 9.17) is 17.3 Å². The minimum atomic E-state index is -2.80. The largest absolute Gasteiger partial charge is 0.324 e. The van der Waals surface area contributed by atoms with Gasteiger partial charge in [-0.15, -0.1) is 0 Å². The van der Waals surface area contributed by atoms with Crippen molar-refractivity contribution in [1.29, 1.82) is 0 Å². The van der Waals surface area contributed by atoms with E-state index in [0.29, 0.717) is 18.1 Å². The fourth-order valence-electron chi connectivity index (χ4n) is 2.17. The zero-order chi connectivity index (χ0) is 13.9. The van der Waals surface area contributed by atoms with Gasteiger partial charge in [-0.1, -0.05) is 23.7 Å². The Hall–Kier alpha value is -0.620. The van der Waals surface area contributed by atoms with Crippen LogP contribution in [0.4, 0.5) is 0 Å². The summed E-state index contributed by atoms with van der Waals surface area (Å²) < 4.78 is 22.6. The van der Waals surface area contributed by atoms with Crippen molar-refractivity contribution in [3.8, 4) is 0 Å². The van der Waals surface area contributed by atoms with Gasteiger partial charge in [0.05, 0.1) is 11.5 Å². The average Bonchev–Trinajstić information content (AvgIpc) is 2.38. The first-order valence-corrected chi connectivity index (χ1v) is 8.60. The number of benzene rings is 1. The summed E-state index contributed by atoms with van der Waals surface area (Å²) >= 11 is 5.84. The van der Waals surface area contributed by atoms with Crippen molar-refractivity contribution in [1.82, 2.24) is 4.90 Å². The maximum atomic E-state index is 11.3. The summed E-state index contributed by atoms with van der Waals surface area (Å²) in [5, 5.41) is 0.706. The van der Waals surface area contributed by atoms with Gasteiger partial charge in [-0.2, -0.15) is 0 Å². The van der Waals surface area contributed by atoms with E-state index in [-0.39, 0.29) is 17.5 Å². The molecule has 1 aromatic rings. The minimum absolute atomic E-state index is 0.0317. The van der Waals surface area contributed by atoms with Crippen LogP contribution in [0.2, 0.25) is 5.02 Å². The lowest BCUT2D eigenvalue weighted by atomic mass is 10.0. The Labute approximate surface area is 119 Å². The van der Waals surface area contributed by atoms with Gasteiger partial charge in [0.1, 0.15) is 0 Å². The van der Waals surface area contributed by atoms with Gasteiger partial charge in [0.15, 0.2) is 9.84 Å². The summed E-state index contributed by atoms with van der Waals surface area (Å²) in [6.07, 6.45) is 0.821. The van der Waals surface area contributed by atoms with Crippen molar-refractivity contribution < 1.29 is 8.42 Å². The molecule has 1 saturated heterocycles. The molecule has 1 aromatic carbocycles. The molecular formula is C13H19ClN2O2S. The molecule has 2 rings (SSSR count). The molecule has 0 saturated carbocycles. The van der Waals surface area contributed by atoms with Crippen LogP contribution in [-0.4, -0.2) is 44.5 Å². The average molecular weight is 303 g/mol. The highest BCUT2D eigenvalue weighted by Crippen LogP contribution is 2.18. The number of halogens is 1. The van der Waals surface area contributed by atoms with E-state index >= 15 is 0 Å². The Morgan fingerprint density at radius 2 is 1.79 bits per heavy atom. The highest BCUT2D eigenvalue weighted by molar-refractivity contribution is 7.91. The minimum Gasteiger partial charge on any atom is -0.324 e. The first-order chi connectivity index (χ1) is 8.96. The number of hydrogen-bond acceptors (Lipinski definition) is 4. The Kier molecular flexibility index (Phi) is 4.84. The Balaban J connectivity index is 1.81. The molecule has 0 aliphatic carbocycles. The third-order valence-electron chi connectivity index (χ3n) is 3.49. The second kappa shape index (κ2) is 6.22. The van der Waals surface area contributed by atoms with E-state index in [2.05, 4.69) is 4.90 Å². The Morgan fingerprint density at radius 1 is 1.21 bits per heavy atom. The molecule has 1 atom stereocenters. The van der Waals surface area contributed by atoms with Crippen molar-refractivity contribution in [2.75, 3.05) is 31.1 Å². The van der Waals surface area contributed by atoms with Crippen LogP contribution >= 0.6 is 11.6 Å². The molecule has 0 bridgehead atoms. The third-order valence-corrected chi connectivity index (χ3v) is 5.35. The molecule has 0 amide bonds. The lowest BCUT2D eigenvalue weighted by Gasteiger charge is -2.27. The molecule has 0 spiro atoms. The molecule has 1 fully saturated rings. The van der Waals surface area contributed by atoms with Crippen LogP contribution in [0.25, 0.3) is 0 Å². The highest BCUT2D eigenvalue weighted by atomic mass is 35.5. The molecule has 1 unspecified atom stereocenters. The van der Waals surface area contributed by atoms with Gasteiger partial charge >= 0.3 is 0 Å². The zero-order valence-electron chi connectivity index (χ0n) is 10.8. The van der Waals surface area contributed by atoms with Crippen LogP contribution in [0.15, 0.2) is 24.3 Å². The SMILES string of the molecule is NC(CCN1CCS(=O)(=O)CC1)c1ccc(Cl)cc1. The van der Waals surface area contributed by atoms with Gasteiger partial charge in [0, 0.05) is 30.7 Å². The van der Waals surface area contributed by atoms with E-state index in [9.17, 15) is 8.42 Å². The number of nitrogens with two attached hydrogens (primary N) is 1. The van der Waals surface area contributed by atoms with Crippen LogP contribution in [0, 0.1) is 0 Å². The van der Waals surface area contributed by atoms with Gasteiger partial charge in [-0.3, -0.25) is 0 Å². The van der Waals surface area contributed by atoms with Gasteiger partial charge in [0.2, 0.25) is 0 Å².